The normalized spacial score (nSPS) is 14.1. The molecule has 0 saturated carbocycles. The summed E-state index contributed by atoms with van der Waals surface area (Å²) >= 11 is 6.21. The van der Waals surface area contributed by atoms with Crippen LogP contribution in [-0.2, 0) is 0 Å². The maximum Gasteiger partial charge on any atom is 0.294 e. The zero-order chi connectivity index (χ0) is 20.1. The topological polar surface area (TPSA) is 75.9 Å². The zero-order valence-electron chi connectivity index (χ0n) is 15.6. The first-order chi connectivity index (χ1) is 13.5. The van der Waals surface area contributed by atoms with Crippen molar-refractivity contribution in [1.82, 2.24) is 4.90 Å². The first-order valence-corrected chi connectivity index (χ1v) is 9.59. The van der Waals surface area contributed by atoms with Crippen LogP contribution < -0.4 is 9.64 Å². The van der Waals surface area contributed by atoms with E-state index < -0.39 is 4.92 Å². The Bertz CT molecular complexity index is 849. The van der Waals surface area contributed by atoms with E-state index in [9.17, 15) is 14.9 Å². The van der Waals surface area contributed by atoms with Gasteiger partial charge in [-0.2, -0.15) is 0 Å². The number of piperazine rings is 1. The molecule has 1 aliphatic rings. The molecule has 1 heterocycles. The smallest absolute Gasteiger partial charge is 0.294 e. The monoisotopic (exact) mass is 403 g/mol. The molecule has 1 saturated heterocycles. The second kappa shape index (κ2) is 8.93. The molecule has 0 aliphatic carbocycles. The highest BCUT2D eigenvalue weighted by atomic mass is 35.5. The summed E-state index contributed by atoms with van der Waals surface area (Å²) in [4.78, 5) is 27.2. The molecule has 1 amide bonds. The number of amides is 1. The lowest BCUT2D eigenvalue weighted by molar-refractivity contribution is -0.384. The molecule has 0 radical (unpaired) electrons. The summed E-state index contributed by atoms with van der Waals surface area (Å²) in [7, 11) is 0. The van der Waals surface area contributed by atoms with Gasteiger partial charge in [-0.15, -0.1) is 0 Å². The minimum Gasteiger partial charge on any atom is -0.494 e. The van der Waals surface area contributed by atoms with Crippen molar-refractivity contribution in [1.29, 1.82) is 0 Å². The number of para-hydroxylation sites is 1. The quantitative estimate of drug-likeness (QED) is 0.538. The number of anilines is 1. The molecule has 7 nitrogen and oxygen atoms in total. The number of nitro benzene ring substituents is 1. The van der Waals surface area contributed by atoms with E-state index in [1.807, 2.05) is 11.8 Å². The summed E-state index contributed by atoms with van der Waals surface area (Å²) in [6.07, 6.45) is 0.925. The van der Waals surface area contributed by atoms with Crippen LogP contribution in [0, 0.1) is 10.1 Å². The van der Waals surface area contributed by atoms with Crippen LogP contribution in [0.4, 0.5) is 11.4 Å². The molecule has 148 valence electrons. The van der Waals surface area contributed by atoms with E-state index in [0.717, 1.165) is 12.2 Å². The molecule has 1 fully saturated rings. The Morgan fingerprint density at radius 1 is 1.14 bits per heavy atom. The molecule has 0 unspecified atom stereocenters. The van der Waals surface area contributed by atoms with Gasteiger partial charge in [0.1, 0.15) is 11.4 Å². The third-order valence-corrected chi connectivity index (χ3v) is 4.92. The van der Waals surface area contributed by atoms with E-state index in [-0.39, 0.29) is 11.6 Å². The van der Waals surface area contributed by atoms with Crippen molar-refractivity contribution in [3.63, 3.8) is 0 Å². The van der Waals surface area contributed by atoms with Crippen molar-refractivity contribution >= 4 is 28.9 Å². The van der Waals surface area contributed by atoms with Gasteiger partial charge in [-0.3, -0.25) is 14.9 Å². The average Bonchev–Trinajstić information content (AvgIpc) is 2.72. The predicted octanol–water partition coefficient (Wildman–Crippen LogP) is 4.00. The van der Waals surface area contributed by atoms with Crippen LogP contribution in [0.5, 0.6) is 5.75 Å². The van der Waals surface area contributed by atoms with Crippen molar-refractivity contribution in [2.75, 3.05) is 37.7 Å². The first kappa shape index (κ1) is 19.9. The van der Waals surface area contributed by atoms with E-state index in [4.69, 9.17) is 16.3 Å². The van der Waals surface area contributed by atoms with Crippen LogP contribution >= 0.6 is 11.6 Å². The highest BCUT2D eigenvalue weighted by molar-refractivity contribution is 6.33. The number of hydrogen-bond acceptors (Lipinski definition) is 5. The second-order valence-electron chi connectivity index (χ2n) is 6.52. The SMILES string of the molecule is CCCOc1ccc(C(=O)N2CCN(c3c(Cl)cccc3[N+](=O)[O-])CC2)cc1. The standard InChI is InChI=1S/C20H22ClN3O4/c1-2-14-28-16-8-6-15(7-9-16)20(25)23-12-10-22(11-13-23)19-17(21)4-3-5-18(19)24(26)27/h3-9H,2,10-14H2,1H3. The number of benzene rings is 2. The lowest BCUT2D eigenvalue weighted by Gasteiger charge is -2.36. The molecule has 0 bridgehead atoms. The highest BCUT2D eigenvalue weighted by Crippen LogP contribution is 2.35. The van der Waals surface area contributed by atoms with Crippen LogP contribution in [0.15, 0.2) is 42.5 Å². The number of nitro groups is 1. The number of hydrogen-bond donors (Lipinski definition) is 0. The molecular formula is C20H22ClN3O4. The van der Waals surface area contributed by atoms with Crippen LogP contribution in [0.2, 0.25) is 5.02 Å². The summed E-state index contributed by atoms with van der Waals surface area (Å²) < 4.78 is 5.54. The van der Waals surface area contributed by atoms with E-state index in [2.05, 4.69) is 0 Å². The predicted molar refractivity (Wildman–Crippen MR) is 108 cm³/mol. The van der Waals surface area contributed by atoms with Crippen molar-refractivity contribution in [3.8, 4) is 5.75 Å². The number of rotatable bonds is 6. The Morgan fingerprint density at radius 3 is 2.43 bits per heavy atom. The van der Waals surface area contributed by atoms with Gasteiger partial charge in [0.25, 0.3) is 11.6 Å². The van der Waals surface area contributed by atoms with E-state index >= 15 is 0 Å². The molecular weight excluding hydrogens is 382 g/mol. The number of nitrogens with zero attached hydrogens (tertiary/aromatic N) is 3. The van der Waals surface area contributed by atoms with Gasteiger partial charge in [-0.1, -0.05) is 24.6 Å². The molecule has 2 aromatic rings. The molecule has 8 heteroatoms. The fourth-order valence-electron chi connectivity index (χ4n) is 3.19. The van der Waals surface area contributed by atoms with Crippen LogP contribution in [0.3, 0.4) is 0 Å². The minimum atomic E-state index is -0.430. The minimum absolute atomic E-state index is 0.0186. The molecule has 0 atom stereocenters. The molecule has 1 aliphatic heterocycles. The Hall–Kier alpha value is -2.80. The molecule has 3 rings (SSSR count). The number of ether oxygens (including phenoxy) is 1. The van der Waals surface area contributed by atoms with E-state index in [1.54, 1.807) is 41.3 Å². The summed E-state index contributed by atoms with van der Waals surface area (Å²) in [5.41, 5.74) is 0.995. The lowest BCUT2D eigenvalue weighted by atomic mass is 10.1. The fraction of sp³-hybridized carbons (Fsp3) is 0.350. The van der Waals surface area contributed by atoms with Crippen molar-refractivity contribution in [2.45, 2.75) is 13.3 Å². The molecule has 28 heavy (non-hydrogen) atoms. The summed E-state index contributed by atoms with van der Waals surface area (Å²) in [6.45, 7) is 4.57. The Balaban J connectivity index is 1.66. The van der Waals surface area contributed by atoms with Crippen LogP contribution in [0.25, 0.3) is 0 Å². The van der Waals surface area contributed by atoms with Gasteiger partial charge in [-0.25, -0.2) is 0 Å². The third kappa shape index (κ3) is 4.36. The number of carbonyl (C=O) groups excluding carboxylic acids is 1. The van der Waals surface area contributed by atoms with Gasteiger partial charge >= 0.3 is 0 Å². The average molecular weight is 404 g/mol. The Labute approximate surface area is 168 Å². The maximum absolute atomic E-state index is 12.7. The van der Waals surface area contributed by atoms with Gasteiger partial charge in [0.2, 0.25) is 0 Å². The van der Waals surface area contributed by atoms with Gasteiger partial charge in [0.05, 0.1) is 16.6 Å². The molecule has 0 spiro atoms. The maximum atomic E-state index is 12.7. The summed E-state index contributed by atoms with van der Waals surface area (Å²) in [5.74, 6) is 0.685. The second-order valence-corrected chi connectivity index (χ2v) is 6.92. The van der Waals surface area contributed by atoms with Crippen molar-refractivity contribution < 1.29 is 14.5 Å². The number of halogens is 1. The van der Waals surface area contributed by atoms with Gasteiger partial charge < -0.3 is 14.5 Å². The van der Waals surface area contributed by atoms with Gasteiger partial charge in [-0.05, 0) is 36.8 Å². The van der Waals surface area contributed by atoms with Gasteiger partial charge in [0.15, 0.2) is 0 Å². The van der Waals surface area contributed by atoms with Crippen molar-refractivity contribution in [2.24, 2.45) is 0 Å². The third-order valence-electron chi connectivity index (χ3n) is 4.62. The molecule has 0 aromatic heterocycles. The van der Waals surface area contributed by atoms with E-state index in [1.165, 1.54) is 6.07 Å². The lowest BCUT2D eigenvalue weighted by Crippen LogP contribution is -2.49. The fourth-order valence-corrected chi connectivity index (χ4v) is 3.48. The summed E-state index contributed by atoms with van der Waals surface area (Å²) in [6, 6.07) is 11.8. The zero-order valence-corrected chi connectivity index (χ0v) is 16.4. The van der Waals surface area contributed by atoms with Crippen LogP contribution in [0.1, 0.15) is 23.7 Å². The Morgan fingerprint density at radius 2 is 1.82 bits per heavy atom. The molecule has 0 N–H and O–H groups in total. The molecule has 2 aromatic carbocycles. The van der Waals surface area contributed by atoms with Crippen molar-refractivity contribution in [3.05, 3.63) is 63.2 Å². The van der Waals surface area contributed by atoms with Gasteiger partial charge in [0, 0.05) is 37.8 Å². The largest absolute Gasteiger partial charge is 0.494 e. The Kier molecular flexibility index (Phi) is 6.36. The van der Waals surface area contributed by atoms with E-state index in [0.29, 0.717) is 49.1 Å². The van der Waals surface area contributed by atoms with Crippen LogP contribution in [-0.4, -0.2) is 48.5 Å². The first-order valence-electron chi connectivity index (χ1n) is 9.21. The number of carbonyl (C=O) groups is 1. The summed E-state index contributed by atoms with van der Waals surface area (Å²) in [5, 5.41) is 11.7. The highest BCUT2D eigenvalue weighted by Gasteiger charge is 2.28.